The van der Waals surface area contributed by atoms with E-state index < -0.39 is 11.0 Å². The topological polar surface area (TPSA) is 72.6 Å². The number of benzene rings is 1. The van der Waals surface area contributed by atoms with Crippen molar-refractivity contribution in [2.45, 2.75) is 33.0 Å². The molecule has 0 aliphatic rings. The molecule has 0 saturated heterocycles. The Morgan fingerprint density at radius 1 is 1.41 bits per heavy atom. The zero-order chi connectivity index (χ0) is 13.2. The molecule has 0 saturated carbocycles. The Kier molecular flexibility index (Phi) is 4.47. The SMILES string of the molecule is CC(C)Oc1c([C@H](C)O)cc(Br)cc1[N+](=O)[O-]. The van der Waals surface area contributed by atoms with E-state index in [1.54, 1.807) is 26.8 Å². The maximum Gasteiger partial charge on any atom is 0.312 e. The highest BCUT2D eigenvalue weighted by atomic mass is 79.9. The molecule has 1 N–H and O–H groups in total. The molecule has 1 aromatic rings. The second-order valence-corrected chi connectivity index (χ2v) is 4.86. The van der Waals surface area contributed by atoms with E-state index in [4.69, 9.17) is 4.74 Å². The summed E-state index contributed by atoms with van der Waals surface area (Å²) in [5.74, 6) is 0.128. The van der Waals surface area contributed by atoms with E-state index in [-0.39, 0.29) is 17.5 Å². The van der Waals surface area contributed by atoms with E-state index in [0.717, 1.165) is 0 Å². The molecule has 0 heterocycles. The highest BCUT2D eigenvalue weighted by molar-refractivity contribution is 9.10. The summed E-state index contributed by atoms with van der Waals surface area (Å²) in [6, 6.07) is 2.99. The molecular weight excluding hydrogens is 290 g/mol. The molecule has 1 rings (SSSR count). The minimum Gasteiger partial charge on any atom is -0.484 e. The van der Waals surface area contributed by atoms with Gasteiger partial charge in [-0.2, -0.15) is 0 Å². The number of hydrogen-bond acceptors (Lipinski definition) is 4. The van der Waals surface area contributed by atoms with Gasteiger partial charge < -0.3 is 9.84 Å². The summed E-state index contributed by atoms with van der Waals surface area (Å²) in [5, 5.41) is 20.6. The van der Waals surface area contributed by atoms with Gasteiger partial charge in [-0.05, 0) is 26.8 Å². The van der Waals surface area contributed by atoms with Gasteiger partial charge in [0.05, 0.1) is 17.1 Å². The number of nitro benzene ring substituents is 1. The molecule has 17 heavy (non-hydrogen) atoms. The Morgan fingerprint density at radius 2 is 2.00 bits per heavy atom. The van der Waals surface area contributed by atoms with Crippen LogP contribution in [0, 0.1) is 10.1 Å². The molecular formula is C11H14BrNO4. The lowest BCUT2D eigenvalue weighted by molar-refractivity contribution is -0.386. The molecule has 94 valence electrons. The lowest BCUT2D eigenvalue weighted by Gasteiger charge is -2.16. The number of rotatable bonds is 4. The molecule has 0 bridgehead atoms. The molecule has 6 heteroatoms. The molecule has 0 fully saturated rings. The lowest BCUT2D eigenvalue weighted by atomic mass is 10.1. The lowest BCUT2D eigenvalue weighted by Crippen LogP contribution is -2.10. The van der Waals surface area contributed by atoms with Crippen LogP contribution >= 0.6 is 15.9 Å². The maximum atomic E-state index is 11.0. The summed E-state index contributed by atoms with van der Waals surface area (Å²) < 4.78 is 5.97. The standard InChI is InChI=1S/C11H14BrNO4/c1-6(2)17-11-9(7(3)14)4-8(12)5-10(11)13(15)16/h4-7,14H,1-3H3/t7-/m0/s1. The van der Waals surface area contributed by atoms with Crippen LogP contribution in [-0.4, -0.2) is 16.1 Å². The Bertz CT molecular complexity index is 432. The minimum atomic E-state index is -0.833. The first-order valence-electron chi connectivity index (χ1n) is 5.15. The van der Waals surface area contributed by atoms with Gasteiger partial charge >= 0.3 is 5.69 Å². The third-order valence-electron chi connectivity index (χ3n) is 2.06. The summed E-state index contributed by atoms with van der Waals surface area (Å²) in [6.45, 7) is 5.09. The van der Waals surface area contributed by atoms with Crippen LogP contribution < -0.4 is 4.74 Å². The van der Waals surface area contributed by atoms with Gasteiger partial charge in [-0.15, -0.1) is 0 Å². The van der Waals surface area contributed by atoms with Crippen molar-refractivity contribution in [2.75, 3.05) is 0 Å². The fraction of sp³-hybridized carbons (Fsp3) is 0.455. The van der Waals surface area contributed by atoms with Gasteiger partial charge in [0, 0.05) is 16.1 Å². The average Bonchev–Trinajstić information content (AvgIpc) is 2.18. The quantitative estimate of drug-likeness (QED) is 0.685. The normalized spacial score (nSPS) is 12.6. The fourth-order valence-electron chi connectivity index (χ4n) is 1.41. The van der Waals surface area contributed by atoms with Crippen LogP contribution in [0.25, 0.3) is 0 Å². The minimum absolute atomic E-state index is 0.128. The van der Waals surface area contributed by atoms with Gasteiger partial charge in [0.15, 0.2) is 0 Å². The van der Waals surface area contributed by atoms with E-state index in [1.807, 2.05) is 0 Å². The summed E-state index contributed by atoms with van der Waals surface area (Å²) in [7, 11) is 0. The van der Waals surface area contributed by atoms with E-state index in [1.165, 1.54) is 6.07 Å². The first-order valence-corrected chi connectivity index (χ1v) is 5.94. The Labute approximate surface area is 108 Å². The van der Waals surface area contributed by atoms with E-state index >= 15 is 0 Å². The van der Waals surface area contributed by atoms with Crippen molar-refractivity contribution in [3.8, 4) is 5.75 Å². The summed E-state index contributed by atoms with van der Waals surface area (Å²) in [6.07, 6.45) is -1.03. The van der Waals surface area contributed by atoms with E-state index in [9.17, 15) is 15.2 Å². The zero-order valence-corrected chi connectivity index (χ0v) is 11.4. The zero-order valence-electron chi connectivity index (χ0n) is 9.81. The first kappa shape index (κ1) is 13.9. The van der Waals surface area contributed by atoms with Crippen molar-refractivity contribution in [1.82, 2.24) is 0 Å². The summed E-state index contributed by atoms with van der Waals surface area (Å²) in [4.78, 5) is 10.4. The van der Waals surface area contributed by atoms with Crippen LogP contribution in [0.3, 0.4) is 0 Å². The second-order valence-electron chi connectivity index (χ2n) is 3.94. The van der Waals surface area contributed by atoms with E-state index in [2.05, 4.69) is 15.9 Å². The average molecular weight is 304 g/mol. The van der Waals surface area contributed by atoms with Crippen molar-refractivity contribution >= 4 is 21.6 Å². The van der Waals surface area contributed by atoms with Gasteiger partial charge in [-0.25, -0.2) is 0 Å². The number of hydrogen-bond donors (Lipinski definition) is 1. The van der Waals surface area contributed by atoms with Gasteiger partial charge in [0.25, 0.3) is 0 Å². The molecule has 0 amide bonds. The third kappa shape index (κ3) is 3.41. The number of halogens is 1. The molecule has 5 nitrogen and oxygen atoms in total. The van der Waals surface area contributed by atoms with Crippen LogP contribution in [-0.2, 0) is 0 Å². The van der Waals surface area contributed by atoms with Crippen LogP contribution in [0.15, 0.2) is 16.6 Å². The Balaban J connectivity index is 3.41. The maximum absolute atomic E-state index is 11.0. The van der Waals surface area contributed by atoms with Gasteiger partial charge in [-0.1, -0.05) is 15.9 Å². The molecule has 1 aromatic carbocycles. The molecule has 0 spiro atoms. The second kappa shape index (κ2) is 5.46. The van der Waals surface area contributed by atoms with Gasteiger partial charge in [0.2, 0.25) is 5.75 Å². The van der Waals surface area contributed by atoms with Crippen molar-refractivity contribution in [3.63, 3.8) is 0 Å². The molecule has 0 unspecified atom stereocenters. The predicted octanol–water partition coefficient (Wildman–Crippen LogP) is 3.20. The molecule has 1 atom stereocenters. The summed E-state index contributed by atoms with van der Waals surface area (Å²) >= 11 is 3.18. The van der Waals surface area contributed by atoms with Crippen LogP contribution in [0.2, 0.25) is 0 Å². The highest BCUT2D eigenvalue weighted by Crippen LogP contribution is 2.38. The van der Waals surface area contributed by atoms with Crippen LogP contribution in [0.1, 0.15) is 32.4 Å². The predicted molar refractivity (Wildman–Crippen MR) is 67.2 cm³/mol. The van der Waals surface area contributed by atoms with Crippen molar-refractivity contribution < 1.29 is 14.8 Å². The first-order chi connectivity index (χ1) is 7.82. The smallest absolute Gasteiger partial charge is 0.312 e. The molecule has 0 radical (unpaired) electrons. The van der Waals surface area contributed by atoms with Crippen LogP contribution in [0.4, 0.5) is 5.69 Å². The molecule has 0 aliphatic heterocycles. The van der Waals surface area contributed by atoms with Crippen molar-refractivity contribution in [1.29, 1.82) is 0 Å². The van der Waals surface area contributed by atoms with E-state index in [0.29, 0.717) is 10.0 Å². The largest absolute Gasteiger partial charge is 0.484 e. The highest BCUT2D eigenvalue weighted by Gasteiger charge is 2.23. The summed E-state index contributed by atoms with van der Waals surface area (Å²) in [5.41, 5.74) is 0.253. The Hall–Kier alpha value is -1.14. The van der Waals surface area contributed by atoms with Crippen molar-refractivity contribution in [3.05, 3.63) is 32.3 Å². The monoisotopic (exact) mass is 303 g/mol. The van der Waals surface area contributed by atoms with Crippen LogP contribution in [0.5, 0.6) is 5.75 Å². The van der Waals surface area contributed by atoms with Crippen molar-refractivity contribution in [2.24, 2.45) is 0 Å². The molecule has 0 aromatic heterocycles. The number of aliphatic hydroxyl groups is 1. The number of aliphatic hydroxyl groups excluding tert-OH is 1. The number of nitro groups is 1. The molecule has 0 aliphatic carbocycles. The van der Waals surface area contributed by atoms with Gasteiger partial charge in [-0.3, -0.25) is 10.1 Å². The fourth-order valence-corrected chi connectivity index (χ4v) is 1.87. The Morgan fingerprint density at radius 3 is 2.41 bits per heavy atom. The number of nitrogens with zero attached hydrogens (tertiary/aromatic N) is 1. The van der Waals surface area contributed by atoms with Gasteiger partial charge in [0.1, 0.15) is 0 Å². The number of ether oxygens (including phenoxy) is 1. The third-order valence-corrected chi connectivity index (χ3v) is 2.52.